The average Bonchev–Trinajstić information content (AvgIpc) is 2.89. The fourth-order valence-corrected chi connectivity index (χ4v) is 2.27. The van der Waals surface area contributed by atoms with E-state index in [1.165, 1.54) is 0 Å². The molecule has 0 aliphatic heterocycles. The summed E-state index contributed by atoms with van der Waals surface area (Å²) in [5.74, 6) is 0.777. The van der Waals surface area contributed by atoms with E-state index in [-0.39, 0.29) is 6.04 Å². The standard InChI is InChI=1S/C15H20ClN3O/c1-3-9-19-15(7-8-18-19)14(17-2)11-20-13-6-4-5-12(16)10-13/h4-8,10,14,17H,3,9,11H2,1-2H3. The van der Waals surface area contributed by atoms with Crippen molar-refractivity contribution in [2.24, 2.45) is 0 Å². The van der Waals surface area contributed by atoms with Crippen molar-refractivity contribution in [2.75, 3.05) is 13.7 Å². The van der Waals surface area contributed by atoms with E-state index < -0.39 is 0 Å². The highest BCUT2D eigenvalue weighted by molar-refractivity contribution is 6.30. The number of benzene rings is 1. The van der Waals surface area contributed by atoms with Crippen LogP contribution in [0.3, 0.4) is 0 Å². The third-order valence-electron chi connectivity index (χ3n) is 3.10. The van der Waals surface area contributed by atoms with Gasteiger partial charge in [0.1, 0.15) is 12.4 Å². The van der Waals surface area contributed by atoms with Crippen LogP contribution in [0.2, 0.25) is 5.02 Å². The van der Waals surface area contributed by atoms with Gasteiger partial charge in [-0.05, 0) is 37.7 Å². The van der Waals surface area contributed by atoms with E-state index in [0.717, 1.165) is 24.4 Å². The second-order valence-electron chi connectivity index (χ2n) is 4.59. The van der Waals surface area contributed by atoms with E-state index in [1.807, 2.05) is 48.3 Å². The first-order valence-corrected chi connectivity index (χ1v) is 7.19. The Morgan fingerprint density at radius 1 is 1.40 bits per heavy atom. The maximum absolute atomic E-state index is 5.95. The van der Waals surface area contributed by atoms with Crippen molar-refractivity contribution in [3.8, 4) is 5.75 Å². The number of hydrogen-bond acceptors (Lipinski definition) is 3. The molecule has 0 radical (unpaired) electrons. The molecule has 1 unspecified atom stereocenters. The highest BCUT2D eigenvalue weighted by Crippen LogP contribution is 2.19. The van der Waals surface area contributed by atoms with Crippen LogP contribution in [-0.2, 0) is 6.54 Å². The topological polar surface area (TPSA) is 39.1 Å². The van der Waals surface area contributed by atoms with Gasteiger partial charge in [0.05, 0.1) is 11.7 Å². The lowest BCUT2D eigenvalue weighted by atomic mass is 10.2. The van der Waals surface area contributed by atoms with Gasteiger partial charge in [-0.15, -0.1) is 0 Å². The van der Waals surface area contributed by atoms with Crippen LogP contribution >= 0.6 is 11.6 Å². The molecule has 2 aromatic rings. The summed E-state index contributed by atoms with van der Waals surface area (Å²) in [4.78, 5) is 0. The van der Waals surface area contributed by atoms with Crippen molar-refractivity contribution >= 4 is 11.6 Å². The normalized spacial score (nSPS) is 12.3. The highest BCUT2D eigenvalue weighted by atomic mass is 35.5. The van der Waals surface area contributed by atoms with E-state index in [9.17, 15) is 0 Å². The van der Waals surface area contributed by atoms with E-state index in [4.69, 9.17) is 16.3 Å². The Kier molecular flexibility index (Phi) is 5.44. The molecule has 1 atom stereocenters. The monoisotopic (exact) mass is 293 g/mol. The van der Waals surface area contributed by atoms with Crippen LogP contribution in [0.5, 0.6) is 5.75 Å². The van der Waals surface area contributed by atoms with Crippen LogP contribution in [0.25, 0.3) is 0 Å². The number of likely N-dealkylation sites (N-methyl/N-ethyl adjacent to an activating group) is 1. The Morgan fingerprint density at radius 2 is 2.25 bits per heavy atom. The first-order valence-electron chi connectivity index (χ1n) is 6.82. The van der Waals surface area contributed by atoms with Gasteiger partial charge < -0.3 is 10.1 Å². The summed E-state index contributed by atoms with van der Waals surface area (Å²) in [6, 6.07) is 9.56. The minimum atomic E-state index is 0.100. The molecule has 1 aromatic carbocycles. The van der Waals surface area contributed by atoms with Crippen molar-refractivity contribution in [3.05, 3.63) is 47.2 Å². The Balaban J connectivity index is 2.03. The zero-order chi connectivity index (χ0) is 14.4. The Labute approximate surface area is 124 Å². The Morgan fingerprint density at radius 3 is 2.95 bits per heavy atom. The van der Waals surface area contributed by atoms with Crippen molar-refractivity contribution in [1.29, 1.82) is 0 Å². The molecule has 108 valence electrons. The molecule has 2 rings (SSSR count). The van der Waals surface area contributed by atoms with Gasteiger partial charge in [0.2, 0.25) is 0 Å². The maximum Gasteiger partial charge on any atom is 0.120 e. The van der Waals surface area contributed by atoms with E-state index >= 15 is 0 Å². The van der Waals surface area contributed by atoms with Gasteiger partial charge in [0, 0.05) is 17.8 Å². The minimum absolute atomic E-state index is 0.100. The molecule has 0 aliphatic carbocycles. The molecule has 0 amide bonds. The lowest BCUT2D eigenvalue weighted by Gasteiger charge is -2.18. The van der Waals surface area contributed by atoms with Crippen molar-refractivity contribution in [2.45, 2.75) is 25.9 Å². The number of nitrogens with zero attached hydrogens (tertiary/aromatic N) is 2. The summed E-state index contributed by atoms with van der Waals surface area (Å²) < 4.78 is 7.83. The van der Waals surface area contributed by atoms with Gasteiger partial charge in [-0.25, -0.2) is 0 Å². The molecule has 1 N–H and O–H groups in total. The summed E-state index contributed by atoms with van der Waals surface area (Å²) in [5.41, 5.74) is 1.14. The summed E-state index contributed by atoms with van der Waals surface area (Å²) in [6.45, 7) is 3.59. The molecule has 0 bridgehead atoms. The van der Waals surface area contributed by atoms with Crippen LogP contribution in [-0.4, -0.2) is 23.4 Å². The van der Waals surface area contributed by atoms with E-state index in [0.29, 0.717) is 11.6 Å². The molecule has 4 nitrogen and oxygen atoms in total. The van der Waals surface area contributed by atoms with Gasteiger partial charge in [-0.1, -0.05) is 24.6 Å². The van der Waals surface area contributed by atoms with E-state index in [2.05, 4.69) is 17.3 Å². The fourth-order valence-electron chi connectivity index (χ4n) is 2.09. The Hall–Kier alpha value is -1.52. The molecule has 0 spiro atoms. The summed E-state index contributed by atoms with van der Waals surface area (Å²) in [5, 5.41) is 8.29. The quantitative estimate of drug-likeness (QED) is 0.851. The first kappa shape index (κ1) is 14.9. The molecular formula is C15H20ClN3O. The second-order valence-corrected chi connectivity index (χ2v) is 5.03. The SMILES string of the molecule is CCCn1nccc1C(COc1cccc(Cl)c1)NC. The molecule has 1 aromatic heterocycles. The van der Waals surface area contributed by atoms with Gasteiger partial charge in [0.25, 0.3) is 0 Å². The van der Waals surface area contributed by atoms with E-state index in [1.54, 1.807) is 0 Å². The predicted molar refractivity (Wildman–Crippen MR) is 81.3 cm³/mol. The molecule has 5 heteroatoms. The first-order chi connectivity index (χ1) is 9.74. The van der Waals surface area contributed by atoms with Gasteiger partial charge in [-0.3, -0.25) is 4.68 Å². The third kappa shape index (κ3) is 3.74. The van der Waals surface area contributed by atoms with Gasteiger partial charge in [-0.2, -0.15) is 5.10 Å². The largest absolute Gasteiger partial charge is 0.491 e. The lowest BCUT2D eigenvalue weighted by Crippen LogP contribution is -2.26. The summed E-state index contributed by atoms with van der Waals surface area (Å²) in [6.07, 6.45) is 2.88. The molecular weight excluding hydrogens is 274 g/mol. The summed E-state index contributed by atoms with van der Waals surface area (Å²) in [7, 11) is 1.93. The number of aromatic nitrogens is 2. The zero-order valence-corrected chi connectivity index (χ0v) is 12.6. The number of nitrogens with one attached hydrogen (secondary N) is 1. The van der Waals surface area contributed by atoms with Crippen LogP contribution in [0.15, 0.2) is 36.5 Å². The average molecular weight is 294 g/mol. The van der Waals surface area contributed by atoms with Crippen molar-refractivity contribution in [3.63, 3.8) is 0 Å². The second kappa shape index (κ2) is 7.31. The van der Waals surface area contributed by atoms with Crippen LogP contribution in [0.4, 0.5) is 0 Å². The van der Waals surface area contributed by atoms with Crippen LogP contribution in [0, 0.1) is 0 Å². The summed E-state index contributed by atoms with van der Waals surface area (Å²) >= 11 is 5.95. The molecule has 1 heterocycles. The predicted octanol–water partition coefficient (Wildman–Crippen LogP) is 3.29. The lowest BCUT2D eigenvalue weighted by molar-refractivity contribution is 0.265. The molecule has 0 saturated carbocycles. The number of halogens is 1. The minimum Gasteiger partial charge on any atom is -0.491 e. The number of hydrogen-bond donors (Lipinski definition) is 1. The molecule has 0 fully saturated rings. The highest BCUT2D eigenvalue weighted by Gasteiger charge is 2.15. The van der Waals surface area contributed by atoms with Gasteiger partial charge in [0.15, 0.2) is 0 Å². The van der Waals surface area contributed by atoms with Crippen LogP contribution < -0.4 is 10.1 Å². The molecule has 0 saturated heterocycles. The maximum atomic E-state index is 5.95. The fraction of sp³-hybridized carbons (Fsp3) is 0.400. The van der Waals surface area contributed by atoms with Crippen molar-refractivity contribution < 1.29 is 4.74 Å². The smallest absolute Gasteiger partial charge is 0.120 e. The Bertz CT molecular complexity index is 541. The van der Waals surface area contributed by atoms with Crippen LogP contribution in [0.1, 0.15) is 25.1 Å². The number of rotatable bonds is 7. The van der Waals surface area contributed by atoms with Gasteiger partial charge >= 0.3 is 0 Å². The number of aryl methyl sites for hydroxylation is 1. The molecule has 20 heavy (non-hydrogen) atoms. The number of ether oxygens (including phenoxy) is 1. The van der Waals surface area contributed by atoms with Crippen molar-refractivity contribution in [1.82, 2.24) is 15.1 Å². The third-order valence-corrected chi connectivity index (χ3v) is 3.34. The molecule has 0 aliphatic rings. The zero-order valence-electron chi connectivity index (χ0n) is 11.8.